The first kappa shape index (κ1) is 18.1. The fourth-order valence-corrected chi connectivity index (χ4v) is 3.62. The van der Waals surface area contributed by atoms with Gasteiger partial charge in [0.2, 0.25) is 11.6 Å². The molecular formula is C18H22ClNO2S. The van der Waals surface area contributed by atoms with E-state index in [9.17, 15) is 9.59 Å². The van der Waals surface area contributed by atoms with Crippen LogP contribution >= 0.6 is 23.4 Å². The predicted octanol–water partition coefficient (Wildman–Crippen LogP) is 4.42. The maximum absolute atomic E-state index is 12.7. The van der Waals surface area contributed by atoms with Crippen LogP contribution in [-0.4, -0.2) is 29.7 Å². The molecule has 0 amide bonds. The Morgan fingerprint density at radius 1 is 1.04 bits per heavy atom. The minimum absolute atomic E-state index is 0.0774. The lowest BCUT2D eigenvalue weighted by Crippen LogP contribution is -2.30. The van der Waals surface area contributed by atoms with Gasteiger partial charge < -0.3 is 5.32 Å². The first-order valence-corrected chi connectivity index (χ1v) is 9.58. The first-order valence-electron chi connectivity index (χ1n) is 8.06. The van der Waals surface area contributed by atoms with Gasteiger partial charge in [0.1, 0.15) is 5.70 Å². The average Bonchev–Trinajstić information content (AvgIpc) is 2.58. The highest BCUT2D eigenvalue weighted by atomic mass is 35.5. The van der Waals surface area contributed by atoms with Crippen LogP contribution in [0.4, 0.5) is 0 Å². The molecule has 1 aliphatic carbocycles. The number of hydrogen-bond acceptors (Lipinski definition) is 4. The normalized spacial score (nSPS) is 14.2. The molecule has 23 heavy (non-hydrogen) atoms. The maximum atomic E-state index is 12.7. The van der Waals surface area contributed by atoms with Gasteiger partial charge in [0.05, 0.1) is 4.91 Å². The van der Waals surface area contributed by atoms with Gasteiger partial charge >= 0.3 is 0 Å². The van der Waals surface area contributed by atoms with Gasteiger partial charge in [-0.15, -0.1) is 23.4 Å². The topological polar surface area (TPSA) is 46.2 Å². The number of carbonyl (C=O) groups excluding carboxylic acids is 2. The standard InChI is InChI=1S/C18H22ClNO2S/c1-2-3-4-7-11-20-15-16(21)13-8-5-6-9-14(13)17(22)18(15)23-12-10-19/h5-6,8-9,20H,2-4,7,10-12H2,1H3. The van der Waals surface area contributed by atoms with Crippen molar-refractivity contribution in [3.63, 3.8) is 0 Å². The Morgan fingerprint density at radius 2 is 1.74 bits per heavy atom. The van der Waals surface area contributed by atoms with Crippen molar-refractivity contribution in [1.82, 2.24) is 5.32 Å². The number of carbonyl (C=O) groups is 2. The van der Waals surface area contributed by atoms with E-state index in [-0.39, 0.29) is 11.6 Å². The smallest absolute Gasteiger partial charge is 0.210 e. The number of hydrogen-bond donors (Lipinski definition) is 1. The summed E-state index contributed by atoms with van der Waals surface area (Å²) in [5.74, 6) is 0.888. The molecule has 1 N–H and O–H groups in total. The van der Waals surface area contributed by atoms with Gasteiger partial charge in [0, 0.05) is 29.3 Å². The Bertz CT molecular complexity index is 613. The molecule has 0 radical (unpaired) electrons. The van der Waals surface area contributed by atoms with Crippen LogP contribution in [0, 0.1) is 0 Å². The minimum Gasteiger partial charge on any atom is -0.381 e. The predicted molar refractivity (Wildman–Crippen MR) is 97.5 cm³/mol. The fourth-order valence-electron chi connectivity index (χ4n) is 2.56. The molecule has 0 spiro atoms. The number of rotatable bonds is 9. The number of thioether (sulfide) groups is 1. The molecule has 5 heteroatoms. The number of Topliss-reactive ketones (excluding diaryl/α,β-unsaturated/α-hetero) is 2. The van der Waals surface area contributed by atoms with E-state index in [1.807, 2.05) is 0 Å². The zero-order chi connectivity index (χ0) is 16.7. The largest absolute Gasteiger partial charge is 0.381 e. The molecule has 124 valence electrons. The summed E-state index contributed by atoms with van der Waals surface area (Å²) in [5.41, 5.74) is 1.43. The summed E-state index contributed by atoms with van der Waals surface area (Å²) in [7, 11) is 0. The van der Waals surface area contributed by atoms with Crippen molar-refractivity contribution in [1.29, 1.82) is 0 Å². The molecule has 0 saturated heterocycles. The molecule has 0 bridgehead atoms. The summed E-state index contributed by atoms with van der Waals surface area (Å²) in [6, 6.07) is 7.02. The monoisotopic (exact) mass is 351 g/mol. The van der Waals surface area contributed by atoms with Crippen LogP contribution in [0.2, 0.25) is 0 Å². The van der Waals surface area contributed by atoms with Gasteiger partial charge in [-0.3, -0.25) is 9.59 Å². The summed E-state index contributed by atoms with van der Waals surface area (Å²) in [6.07, 6.45) is 4.47. The molecule has 1 aliphatic rings. The maximum Gasteiger partial charge on any atom is 0.210 e. The van der Waals surface area contributed by atoms with E-state index in [2.05, 4.69) is 12.2 Å². The summed E-state index contributed by atoms with van der Waals surface area (Å²) >= 11 is 7.12. The van der Waals surface area contributed by atoms with Crippen molar-refractivity contribution < 1.29 is 9.59 Å². The van der Waals surface area contributed by atoms with E-state index in [4.69, 9.17) is 11.6 Å². The summed E-state index contributed by atoms with van der Waals surface area (Å²) in [6.45, 7) is 2.87. The molecule has 1 aromatic rings. The SMILES string of the molecule is CCCCCCNC1=C(SCCCl)C(=O)c2ccccc2C1=O. The molecule has 0 atom stereocenters. The van der Waals surface area contributed by atoms with Gasteiger partial charge in [0.25, 0.3) is 0 Å². The van der Waals surface area contributed by atoms with Crippen molar-refractivity contribution in [3.8, 4) is 0 Å². The van der Waals surface area contributed by atoms with E-state index in [1.54, 1.807) is 24.3 Å². The number of unbranched alkanes of at least 4 members (excludes halogenated alkanes) is 3. The quantitative estimate of drug-likeness (QED) is 0.528. The molecule has 0 fully saturated rings. The minimum atomic E-state index is -0.0900. The Kier molecular flexibility index (Phi) is 7.18. The van der Waals surface area contributed by atoms with Crippen molar-refractivity contribution in [2.45, 2.75) is 32.6 Å². The second-order valence-corrected chi connectivity index (χ2v) is 6.92. The summed E-state index contributed by atoms with van der Waals surface area (Å²) in [4.78, 5) is 25.9. The third-order valence-electron chi connectivity index (χ3n) is 3.73. The van der Waals surface area contributed by atoms with E-state index in [0.29, 0.717) is 39.9 Å². The number of nitrogens with one attached hydrogen (secondary N) is 1. The second-order valence-electron chi connectivity index (χ2n) is 5.43. The number of fused-ring (bicyclic) bond motifs is 1. The Labute approximate surface area is 146 Å². The van der Waals surface area contributed by atoms with Gasteiger partial charge in [-0.25, -0.2) is 0 Å². The first-order chi connectivity index (χ1) is 11.2. The van der Waals surface area contributed by atoms with E-state index in [1.165, 1.54) is 24.6 Å². The fraction of sp³-hybridized carbons (Fsp3) is 0.444. The third kappa shape index (κ3) is 4.39. The van der Waals surface area contributed by atoms with Crippen molar-refractivity contribution >= 4 is 34.9 Å². The number of halogens is 1. The summed E-state index contributed by atoms with van der Waals surface area (Å²) < 4.78 is 0. The Balaban J connectivity index is 2.21. The molecule has 3 nitrogen and oxygen atoms in total. The van der Waals surface area contributed by atoms with Crippen LogP contribution in [0.3, 0.4) is 0 Å². The highest BCUT2D eigenvalue weighted by Gasteiger charge is 2.31. The van der Waals surface area contributed by atoms with E-state index in [0.717, 1.165) is 12.8 Å². The van der Waals surface area contributed by atoms with Crippen molar-refractivity contribution in [2.24, 2.45) is 0 Å². The highest BCUT2D eigenvalue weighted by molar-refractivity contribution is 8.04. The Hall–Kier alpha value is -1.26. The number of alkyl halides is 1. The van der Waals surface area contributed by atoms with Crippen LogP contribution < -0.4 is 5.32 Å². The molecule has 0 unspecified atom stereocenters. The highest BCUT2D eigenvalue weighted by Crippen LogP contribution is 2.31. The van der Waals surface area contributed by atoms with Crippen molar-refractivity contribution in [2.75, 3.05) is 18.2 Å². The average molecular weight is 352 g/mol. The lowest BCUT2D eigenvalue weighted by atomic mass is 9.92. The van der Waals surface area contributed by atoms with Crippen molar-refractivity contribution in [3.05, 3.63) is 46.0 Å². The second kappa shape index (κ2) is 9.14. The van der Waals surface area contributed by atoms with Crippen LogP contribution in [0.25, 0.3) is 0 Å². The molecule has 0 aliphatic heterocycles. The molecule has 0 saturated carbocycles. The van der Waals surface area contributed by atoms with Crippen LogP contribution in [0.1, 0.15) is 53.3 Å². The molecule has 0 aromatic heterocycles. The van der Waals surface area contributed by atoms with Crippen LogP contribution in [0.5, 0.6) is 0 Å². The van der Waals surface area contributed by atoms with Gasteiger partial charge in [-0.1, -0.05) is 50.5 Å². The van der Waals surface area contributed by atoms with E-state index < -0.39 is 0 Å². The van der Waals surface area contributed by atoms with Gasteiger partial charge in [0.15, 0.2) is 0 Å². The molecule has 1 aromatic carbocycles. The zero-order valence-corrected chi connectivity index (χ0v) is 14.9. The van der Waals surface area contributed by atoms with E-state index >= 15 is 0 Å². The number of allylic oxidation sites excluding steroid dienone is 2. The Morgan fingerprint density at radius 3 is 2.39 bits per heavy atom. The van der Waals surface area contributed by atoms with Crippen LogP contribution in [0.15, 0.2) is 34.9 Å². The van der Waals surface area contributed by atoms with Gasteiger partial charge in [-0.05, 0) is 6.42 Å². The lowest BCUT2D eigenvalue weighted by Gasteiger charge is -2.21. The molecular weight excluding hydrogens is 330 g/mol. The summed E-state index contributed by atoms with van der Waals surface area (Å²) in [5, 5.41) is 3.21. The number of benzene rings is 1. The molecule has 2 rings (SSSR count). The molecule has 0 heterocycles. The number of ketones is 2. The lowest BCUT2D eigenvalue weighted by molar-refractivity contribution is 0.0975. The van der Waals surface area contributed by atoms with Crippen LogP contribution in [-0.2, 0) is 0 Å². The third-order valence-corrected chi connectivity index (χ3v) is 5.23. The zero-order valence-electron chi connectivity index (χ0n) is 13.4. The van der Waals surface area contributed by atoms with Gasteiger partial charge in [-0.2, -0.15) is 0 Å².